The fourth-order valence-corrected chi connectivity index (χ4v) is 2.52. The Kier molecular flexibility index (Phi) is 4.58. The zero-order valence-electron chi connectivity index (χ0n) is 10.4. The van der Waals surface area contributed by atoms with Crippen LogP contribution in [0.15, 0.2) is 0 Å². The second-order valence-corrected chi connectivity index (χ2v) is 5.00. The molecular weight excluding hydrogens is 204 g/mol. The maximum absolute atomic E-state index is 5.73. The highest BCUT2D eigenvalue weighted by atomic mass is 16.5. The van der Waals surface area contributed by atoms with Gasteiger partial charge in [0.1, 0.15) is 0 Å². The molecule has 2 fully saturated rings. The molecule has 16 heavy (non-hydrogen) atoms. The third kappa shape index (κ3) is 3.17. The Balaban J connectivity index is 1.74. The van der Waals surface area contributed by atoms with Crippen LogP contribution in [0.1, 0.15) is 13.3 Å². The molecule has 2 heterocycles. The molecule has 0 aromatic heterocycles. The van der Waals surface area contributed by atoms with Crippen LogP contribution >= 0.6 is 0 Å². The molecule has 94 valence electrons. The lowest BCUT2D eigenvalue weighted by atomic mass is 9.99. The standard InChI is InChI=1S/C12H24N2O2/c1-10(11-3-5-15-9-11)14(2)8-12-7-13-4-6-16-12/h10-13H,3-9H2,1-2H3. The van der Waals surface area contributed by atoms with Gasteiger partial charge in [-0.1, -0.05) is 0 Å². The number of likely N-dealkylation sites (N-methyl/N-ethyl adjacent to an activating group) is 1. The Morgan fingerprint density at radius 3 is 2.94 bits per heavy atom. The first-order chi connectivity index (χ1) is 7.77. The Morgan fingerprint density at radius 1 is 1.44 bits per heavy atom. The smallest absolute Gasteiger partial charge is 0.0826 e. The lowest BCUT2D eigenvalue weighted by Crippen LogP contribution is -2.47. The Labute approximate surface area is 98.3 Å². The summed E-state index contributed by atoms with van der Waals surface area (Å²) in [5.41, 5.74) is 0. The monoisotopic (exact) mass is 228 g/mol. The minimum atomic E-state index is 0.350. The molecule has 0 radical (unpaired) electrons. The molecule has 2 rings (SSSR count). The predicted molar refractivity (Wildman–Crippen MR) is 63.6 cm³/mol. The molecule has 3 atom stereocenters. The average molecular weight is 228 g/mol. The SMILES string of the molecule is CC(C1CCOC1)N(C)CC1CNCCO1. The van der Waals surface area contributed by atoms with E-state index in [0.29, 0.717) is 18.1 Å². The minimum absolute atomic E-state index is 0.350. The van der Waals surface area contributed by atoms with Crippen molar-refractivity contribution in [3.63, 3.8) is 0 Å². The number of hydrogen-bond acceptors (Lipinski definition) is 4. The first-order valence-corrected chi connectivity index (χ1v) is 6.37. The highest BCUT2D eigenvalue weighted by Gasteiger charge is 2.27. The Morgan fingerprint density at radius 2 is 2.31 bits per heavy atom. The van der Waals surface area contributed by atoms with Gasteiger partial charge in [0.25, 0.3) is 0 Å². The van der Waals surface area contributed by atoms with Gasteiger partial charge in [0.05, 0.1) is 19.3 Å². The zero-order chi connectivity index (χ0) is 11.4. The topological polar surface area (TPSA) is 33.7 Å². The summed E-state index contributed by atoms with van der Waals surface area (Å²) in [6.45, 7) is 8.00. The first-order valence-electron chi connectivity index (χ1n) is 6.37. The third-order valence-electron chi connectivity index (χ3n) is 3.84. The molecule has 2 aliphatic rings. The molecule has 2 aliphatic heterocycles. The van der Waals surface area contributed by atoms with Gasteiger partial charge in [-0.2, -0.15) is 0 Å². The van der Waals surface area contributed by atoms with Gasteiger partial charge in [0.2, 0.25) is 0 Å². The normalized spacial score (nSPS) is 33.2. The van der Waals surface area contributed by atoms with Crippen LogP contribution in [0.2, 0.25) is 0 Å². The van der Waals surface area contributed by atoms with Crippen LogP contribution in [0.5, 0.6) is 0 Å². The Bertz CT molecular complexity index is 201. The molecule has 2 saturated heterocycles. The summed E-state index contributed by atoms with van der Waals surface area (Å²) in [6.07, 6.45) is 1.55. The molecule has 0 saturated carbocycles. The van der Waals surface area contributed by atoms with Crippen LogP contribution < -0.4 is 5.32 Å². The van der Waals surface area contributed by atoms with Gasteiger partial charge in [-0.25, -0.2) is 0 Å². The van der Waals surface area contributed by atoms with Crippen LogP contribution in [0.4, 0.5) is 0 Å². The lowest BCUT2D eigenvalue weighted by molar-refractivity contribution is -0.00117. The van der Waals surface area contributed by atoms with Crippen molar-refractivity contribution in [1.82, 2.24) is 10.2 Å². The van der Waals surface area contributed by atoms with Crippen molar-refractivity contribution in [1.29, 1.82) is 0 Å². The number of nitrogens with one attached hydrogen (secondary N) is 1. The van der Waals surface area contributed by atoms with Gasteiger partial charge in [0, 0.05) is 32.3 Å². The van der Waals surface area contributed by atoms with Crippen molar-refractivity contribution < 1.29 is 9.47 Å². The fraction of sp³-hybridized carbons (Fsp3) is 1.00. The van der Waals surface area contributed by atoms with E-state index in [1.807, 2.05) is 0 Å². The van der Waals surface area contributed by atoms with E-state index in [0.717, 1.165) is 39.5 Å². The molecule has 3 unspecified atom stereocenters. The zero-order valence-corrected chi connectivity index (χ0v) is 10.4. The van der Waals surface area contributed by atoms with Crippen molar-refractivity contribution in [2.75, 3.05) is 46.5 Å². The molecule has 0 aromatic rings. The van der Waals surface area contributed by atoms with Gasteiger partial charge in [-0.3, -0.25) is 0 Å². The molecule has 4 nitrogen and oxygen atoms in total. The van der Waals surface area contributed by atoms with E-state index in [2.05, 4.69) is 24.2 Å². The third-order valence-corrected chi connectivity index (χ3v) is 3.84. The maximum Gasteiger partial charge on any atom is 0.0826 e. The van der Waals surface area contributed by atoms with Crippen LogP contribution in [0.3, 0.4) is 0 Å². The van der Waals surface area contributed by atoms with Gasteiger partial charge in [0.15, 0.2) is 0 Å². The van der Waals surface area contributed by atoms with E-state index < -0.39 is 0 Å². The molecule has 0 amide bonds. The number of nitrogens with zero attached hydrogens (tertiary/aromatic N) is 1. The van der Waals surface area contributed by atoms with Gasteiger partial charge < -0.3 is 19.7 Å². The van der Waals surface area contributed by atoms with Crippen LogP contribution in [0.25, 0.3) is 0 Å². The summed E-state index contributed by atoms with van der Waals surface area (Å²) in [7, 11) is 2.20. The largest absolute Gasteiger partial charge is 0.381 e. The molecule has 0 aliphatic carbocycles. The summed E-state index contributed by atoms with van der Waals surface area (Å²) in [5.74, 6) is 0.696. The number of ether oxygens (including phenoxy) is 2. The molecule has 1 N–H and O–H groups in total. The van der Waals surface area contributed by atoms with Gasteiger partial charge in [-0.05, 0) is 26.3 Å². The summed E-state index contributed by atoms with van der Waals surface area (Å²) in [6, 6.07) is 0.591. The summed E-state index contributed by atoms with van der Waals surface area (Å²) in [4.78, 5) is 2.41. The van der Waals surface area contributed by atoms with E-state index in [4.69, 9.17) is 9.47 Å². The first kappa shape index (κ1) is 12.3. The molecule has 0 spiro atoms. The van der Waals surface area contributed by atoms with Gasteiger partial charge >= 0.3 is 0 Å². The number of hydrogen-bond donors (Lipinski definition) is 1. The van der Waals surface area contributed by atoms with Crippen LogP contribution in [-0.2, 0) is 9.47 Å². The molecule has 0 aromatic carbocycles. The highest BCUT2D eigenvalue weighted by molar-refractivity contribution is 4.79. The van der Waals surface area contributed by atoms with E-state index >= 15 is 0 Å². The second-order valence-electron chi connectivity index (χ2n) is 5.00. The van der Waals surface area contributed by atoms with Gasteiger partial charge in [-0.15, -0.1) is 0 Å². The average Bonchev–Trinajstić information content (AvgIpc) is 2.83. The van der Waals surface area contributed by atoms with E-state index in [1.165, 1.54) is 6.42 Å². The minimum Gasteiger partial charge on any atom is -0.381 e. The van der Waals surface area contributed by atoms with E-state index in [9.17, 15) is 0 Å². The Hall–Kier alpha value is -0.160. The predicted octanol–water partition coefficient (Wildman–Crippen LogP) is 0.332. The number of rotatable bonds is 4. The molecular formula is C12H24N2O2. The fourth-order valence-electron chi connectivity index (χ4n) is 2.52. The van der Waals surface area contributed by atoms with Crippen LogP contribution in [-0.4, -0.2) is 63.5 Å². The molecule has 4 heteroatoms. The van der Waals surface area contributed by atoms with E-state index in [-0.39, 0.29) is 0 Å². The van der Waals surface area contributed by atoms with E-state index in [1.54, 1.807) is 0 Å². The van der Waals surface area contributed by atoms with Crippen molar-refractivity contribution in [2.45, 2.75) is 25.5 Å². The van der Waals surface area contributed by atoms with Crippen LogP contribution in [0, 0.1) is 5.92 Å². The van der Waals surface area contributed by atoms with Crippen molar-refractivity contribution in [2.24, 2.45) is 5.92 Å². The van der Waals surface area contributed by atoms with Crippen molar-refractivity contribution in [3.8, 4) is 0 Å². The second kappa shape index (κ2) is 5.96. The molecule has 0 bridgehead atoms. The quantitative estimate of drug-likeness (QED) is 0.752. The maximum atomic E-state index is 5.73. The summed E-state index contributed by atoms with van der Waals surface area (Å²) < 4.78 is 11.2. The van der Waals surface area contributed by atoms with Crippen molar-refractivity contribution >= 4 is 0 Å². The highest BCUT2D eigenvalue weighted by Crippen LogP contribution is 2.20. The lowest BCUT2D eigenvalue weighted by Gasteiger charge is -2.33. The summed E-state index contributed by atoms with van der Waals surface area (Å²) in [5, 5.41) is 3.37. The number of morpholine rings is 1. The summed E-state index contributed by atoms with van der Waals surface area (Å²) >= 11 is 0. The van der Waals surface area contributed by atoms with Crippen molar-refractivity contribution in [3.05, 3.63) is 0 Å².